The molecule has 4 heterocycles. The molecule has 0 aliphatic carbocycles. The zero-order valence-electron chi connectivity index (χ0n) is 15.6. The second-order valence-electron chi connectivity index (χ2n) is 7.73. The van der Waals surface area contributed by atoms with E-state index in [1.807, 2.05) is 16.7 Å². The molecule has 142 valence electrons. The van der Waals surface area contributed by atoms with E-state index in [1.54, 1.807) is 24.7 Å². The molecular formula is C20H24FN5O. The summed E-state index contributed by atoms with van der Waals surface area (Å²) in [6.07, 6.45) is 8.48. The predicted molar refractivity (Wildman–Crippen MR) is 99.5 cm³/mol. The van der Waals surface area contributed by atoms with Gasteiger partial charge >= 0.3 is 0 Å². The number of amides is 1. The Morgan fingerprint density at radius 1 is 1.19 bits per heavy atom. The van der Waals surface area contributed by atoms with E-state index in [1.165, 1.54) is 6.07 Å². The number of aryl methyl sites for hydroxylation is 1. The van der Waals surface area contributed by atoms with Crippen molar-refractivity contribution < 1.29 is 9.18 Å². The largest absolute Gasteiger partial charge is 0.354 e. The van der Waals surface area contributed by atoms with Gasteiger partial charge in [-0.15, -0.1) is 0 Å². The van der Waals surface area contributed by atoms with Gasteiger partial charge < -0.3 is 9.80 Å². The highest BCUT2D eigenvalue weighted by Gasteiger charge is 2.42. The summed E-state index contributed by atoms with van der Waals surface area (Å²) in [6.45, 7) is 4.57. The number of halogens is 1. The molecule has 2 fully saturated rings. The number of carbonyl (C=O) groups is 1. The summed E-state index contributed by atoms with van der Waals surface area (Å²) >= 11 is 0. The van der Waals surface area contributed by atoms with Crippen molar-refractivity contribution in [2.24, 2.45) is 5.41 Å². The molecule has 1 atom stereocenters. The number of hydrogen-bond donors (Lipinski definition) is 0. The van der Waals surface area contributed by atoms with Crippen molar-refractivity contribution in [1.29, 1.82) is 0 Å². The van der Waals surface area contributed by atoms with E-state index < -0.39 is 0 Å². The third-order valence-corrected chi connectivity index (χ3v) is 5.64. The molecule has 0 aromatic carbocycles. The molecule has 0 radical (unpaired) electrons. The van der Waals surface area contributed by atoms with E-state index in [0.717, 1.165) is 43.7 Å². The second-order valence-corrected chi connectivity index (χ2v) is 7.73. The minimum Gasteiger partial charge on any atom is -0.354 e. The van der Waals surface area contributed by atoms with Crippen LogP contribution in [0.1, 0.15) is 37.1 Å². The van der Waals surface area contributed by atoms with Gasteiger partial charge in [0.1, 0.15) is 0 Å². The molecule has 1 spiro atoms. The molecule has 2 aliphatic rings. The first kappa shape index (κ1) is 17.8. The molecule has 6 nitrogen and oxygen atoms in total. The lowest BCUT2D eigenvalue weighted by Crippen LogP contribution is -2.54. The van der Waals surface area contributed by atoms with Crippen molar-refractivity contribution in [1.82, 2.24) is 19.9 Å². The van der Waals surface area contributed by atoms with Crippen LogP contribution in [0.3, 0.4) is 0 Å². The number of likely N-dealkylation sites (tertiary alicyclic amines) is 1. The van der Waals surface area contributed by atoms with E-state index in [4.69, 9.17) is 0 Å². The molecule has 1 unspecified atom stereocenters. The minimum atomic E-state index is -0.284. The normalized spacial score (nSPS) is 23.1. The molecular weight excluding hydrogens is 345 g/mol. The molecule has 7 heteroatoms. The number of aromatic nitrogens is 3. The Kier molecular flexibility index (Phi) is 4.76. The van der Waals surface area contributed by atoms with Gasteiger partial charge in [-0.1, -0.05) is 0 Å². The summed E-state index contributed by atoms with van der Waals surface area (Å²) < 4.78 is 14.2. The summed E-state index contributed by atoms with van der Waals surface area (Å²) in [5.74, 6) is 0.293. The van der Waals surface area contributed by atoms with Gasteiger partial charge in [0, 0.05) is 43.9 Å². The first-order valence-corrected chi connectivity index (χ1v) is 9.45. The first-order chi connectivity index (χ1) is 13.0. The lowest BCUT2D eigenvalue weighted by atomic mass is 9.73. The zero-order valence-corrected chi connectivity index (χ0v) is 15.6. The first-order valence-electron chi connectivity index (χ1n) is 9.45. The Morgan fingerprint density at radius 3 is 2.85 bits per heavy atom. The topological polar surface area (TPSA) is 62.2 Å². The number of nitrogens with zero attached hydrogens (tertiary/aromatic N) is 5. The van der Waals surface area contributed by atoms with Crippen LogP contribution in [0.15, 0.2) is 30.7 Å². The zero-order chi connectivity index (χ0) is 18.9. The maximum Gasteiger partial charge on any atom is 0.222 e. The second kappa shape index (κ2) is 7.21. The quantitative estimate of drug-likeness (QED) is 0.832. The summed E-state index contributed by atoms with van der Waals surface area (Å²) in [7, 11) is 0. The monoisotopic (exact) mass is 369 g/mol. The number of hydrogen-bond acceptors (Lipinski definition) is 5. The Bertz CT molecular complexity index is 827. The van der Waals surface area contributed by atoms with Crippen LogP contribution in [-0.4, -0.2) is 45.4 Å². The molecule has 2 aromatic heterocycles. The van der Waals surface area contributed by atoms with E-state index >= 15 is 0 Å². The van der Waals surface area contributed by atoms with E-state index in [2.05, 4.69) is 15.0 Å². The highest BCUT2D eigenvalue weighted by Crippen LogP contribution is 2.40. The van der Waals surface area contributed by atoms with E-state index in [9.17, 15) is 9.18 Å². The Labute approximate surface area is 158 Å². The maximum atomic E-state index is 14.2. The van der Waals surface area contributed by atoms with Crippen LogP contribution < -0.4 is 4.90 Å². The maximum absolute atomic E-state index is 14.2. The molecule has 2 saturated heterocycles. The molecule has 1 amide bonds. The fourth-order valence-corrected chi connectivity index (χ4v) is 4.27. The van der Waals surface area contributed by atoms with Crippen molar-refractivity contribution in [3.63, 3.8) is 0 Å². The standard InChI is InChI=1S/C20H24FN5O/c1-15-10-24-16(11-23-15)12-26-14-20(7-5-18(26)27)6-3-9-25(13-20)19-17(21)4-2-8-22-19/h2,4,8,10-11H,3,5-7,9,12-14H2,1H3. The van der Waals surface area contributed by atoms with Gasteiger partial charge in [0.25, 0.3) is 0 Å². The molecule has 2 aromatic rings. The van der Waals surface area contributed by atoms with Crippen LogP contribution in [0.5, 0.6) is 0 Å². The van der Waals surface area contributed by atoms with Crippen molar-refractivity contribution in [2.45, 2.75) is 39.2 Å². The minimum absolute atomic E-state index is 0.0196. The van der Waals surface area contributed by atoms with E-state index in [-0.39, 0.29) is 17.1 Å². The van der Waals surface area contributed by atoms with Crippen LogP contribution in [0.2, 0.25) is 0 Å². The highest BCUT2D eigenvalue weighted by molar-refractivity contribution is 5.77. The van der Waals surface area contributed by atoms with Crippen LogP contribution in [0, 0.1) is 18.2 Å². The van der Waals surface area contributed by atoms with Gasteiger partial charge in [0.15, 0.2) is 11.6 Å². The molecule has 0 bridgehead atoms. The summed E-state index contributed by atoms with van der Waals surface area (Å²) in [6, 6.07) is 3.07. The van der Waals surface area contributed by atoms with Gasteiger partial charge in [-0.3, -0.25) is 14.8 Å². The van der Waals surface area contributed by atoms with Crippen molar-refractivity contribution >= 4 is 11.7 Å². The number of carbonyl (C=O) groups excluding carboxylic acids is 1. The van der Waals surface area contributed by atoms with Gasteiger partial charge in [0.2, 0.25) is 5.91 Å². The lowest BCUT2D eigenvalue weighted by Gasteiger charge is -2.48. The molecule has 0 saturated carbocycles. The number of piperidine rings is 2. The van der Waals surface area contributed by atoms with Crippen LogP contribution >= 0.6 is 0 Å². The van der Waals surface area contributed by atoms with Gasteiger partial charge in [-0.25, -0.2) is 9.37 Å². The summed E-state index contributed by atoms with van der Waals surface area (Å²) in [5.41, 5.74) is 1.64. The predicted octanol–water partition coefficient (Wildman–Crippen LogP) is 2.73. The molecule has 2 aliphatic heterocycles. The molecule has 27 heavy (non-hydrogen) atoms. The molecule has 4 rings (SSSR count). The Morgan fingerprint density at radius 2 is 2.07 bits per heavy atom. The van der Waals surface area contributed by atoms with Crippen molar-refractivity contribution in [2.75, 3.05) is 24.5 Å². The Hall–Kier alpha value is -2.57. The number of pyridine rings is 1. The lowest BCUT2D eigenvalue weighted by molar-refractivity contribution is -0.138. The smallest absolute Gasteiger partial charge is 0.222 e. The van der Waals surface area contributed by atoms with Crippen LogP contribution in [0.25, 0.3) is 0 Å². The van der Waals surface area contributed by atoms with Crippen molar-refractivity contribution in [3.05, 3.63) is 47.9 Å². The van der Waals surface area contributed by atoms with Gasteiger partial charge in [-0.2, -0.15) is 0 Å². The summed E-state index contributed by atoms with van der Waals surface area (Å²) in [4.78, 5) is 29.3. The molecule has 0 N–H and O–H groups in total. The van der Waals surface area contributed by atoms with Gasteiger partial charge in [0.05, 0.1) is 24.1 Å². The van der Waals surface area contributed by atoms with Crippen LogP contribution in [0.4, 0.5) is 10.2 Å². The highest BCUT2D eigenvalue weighted by atomic mass is 19.1. The summed E-state index contributed by atoms with van der Waals surface area (Å²) in [5, 5.41) is 0. The SMILES string of the molecule is Cc1cnc(CN2CC3(CCCN(c4ncccc4F)C3)CCC2=O)cn1. The third-order valence-electron chi connectivity index (χ3n) is 5.64. The average molecular weight is 369 g/mol. The number of rotatable bonds is 3. The van der Waals surface area contributed by atoms with Gasteiger partial charge in [-0.05, 0) is 38.3 Å². The fraction of sp³-hybridized carbons (Fsp3) is 0.500. The average Bonchev–Trinajstić information content (AvgIpc) is 2.67. The van der Waals surface area contributed by atoms with Crippen LogP contribution in [-0.2, 0) is 11.3 Å². The van der Waals surface area contributed by atoms with E-state index in [0.29, 0.717) is 25.3 Å². The number of anilines is 1. The third kappa shape index (κ3) is 3.77. The Balaban J connectivity index is 1.51. The van der Waals surface area contributed by atoms with Crippen molar-refractivity contribution in [3.8, 4) is 0 Å². The fourth-order valence-electron chi connectivity index (χ4n) is 4.27.